The zero-order valence-electron chi connectivity index (χ0n) is 19.5. The molecule has 0 atom stereocenters. The number of anilines is 1. The van der Waals surface area contributed by atoms with Crippen molar-refractivity contribution in [3.63, 3.8) is 0 Å². The van der Waals surface area contributed by atoms with E-state index in [9.17, 15) is 4.79 Å². The highest BCUT2D eigenvalue weighted by Crippen LogP contribution is 2.41. The van der Waals surface area contributed by atoms with Crippen LogP contribution in [0.1, 0.15) is 43.0 Å². The van der Waals surface area contributed by atoms with Crippen LogP contribution < -0.4 is 5.32 Å². The van der Waals surface area contributed by atoms with E-state index in [2.05, 4.69) is 22.4 Å². The first-order valence-electron chi connectivity index (χ1n) is 11.9. The van der Waals surface area contributed by atoms with Gasteiger partial charge in [0, 0.05) is 16.1 Å². The number of pyridine rings is 1. The SMILES string of the molecule is CCCCc1nc2sc3c(ncn4c(SCC(=O)Nc5ccc(Cl)cc5Cl)nnc34)c2c2c1CCC2. The maximum absolute atomic E-state index is 12.5. The summed E-state index contributed by atoms with van der Waals surface area (Å²) in [6.45, 7) is 2.22. The largest absolute Gasteiger partial charge is 0.324 e. The Hall–Kier alpha value is -2.46. The summed E-state index contributed by atoms with van der Waals surface area (Å²) in [5.74, 6) is -0.0451. The van der Waals surface area contributed by atoms with E-state index >= 15 is 0 Å². The number of aromatic nitrogens is 5. The molecule has 0 bridgehead atoms. The van der Waals surface area contributed by atoms with Crippen molar-refractivity contribution in [3.05, 3.63) is 51.4 Å². The number of nitrogens with zero attached hydrogens (tertiary/aromatic N) is 5. The second kappa shape index (κ2) is 9.78. The van der Waals surface area contributed by atoms with Gasteiger partial charge in [0.1, 0.15) is 15.9 Å². The lowest BCUT2D eigenvalue weighted by molar-refractivity contribution is -0.113. The molecule has 0 spiro atoms. The Morgan fingerprint density at radius 3 is 2.92 bits per heavy atom. The van der Waals surface area contributed by atoms with Gasteiger partial charge in [0.2, 0.25) is 5.91 Å². The summed E-state index contributed by atoms with van der Waals surface area (Å²) in [7, 11) is 0. The van der Waals surface area contributed by atoms with Gasteiger partial charge in [-0.15, -0.1) is 21.5 Å². The number of hydrogen-bond acceptors (Lipinski definition) is 7. The highest BCUT2D eigenvalue weighted by Gasteiger charge is 2.24. The van der Waals surface area contributed by atoms with Crippen molar-refractivity contribution in [2.75, 3.05) is 11.1 Å². The van der Waals surface area contributed by atoms with Crippen LogP contribution in [0.2, 0.25) is 10.0 Å². The topological polar surface area (TPSA) is 85.1 Å². The molecule has 6 rings (SSSR count). The maximum atomic E-state index is 12.5. The van der Waals surface area contributed by atoms with Crippen LogP contribution in [0.25, 0.3) is 26.1 Å². The van der Waals surface area contributed by atoms with Crippen LogP contribution in [-0.4, -0.2) is 36.2 Å². The Labute approximate surface area is 225 Å². The van der Waals surface area contributed by atoms with Crippen molar-refractivity contribution >= 4 is 84.0 Å². The molecule has 1 aromatic carbocycles. The van der Waals surface area contributed by atoms with Crippen molar-refractivity contribution in [1.29, 1.82) is 0 Å². The number of fused-ring (bicyclic) bond motifs is 7. The lowest BCUT2D eigenvalue weighted by atomic mass is 10.0. The van der Waals surface area contributed by atoms with E-state index in [0.717, 1.165) is 52.8 Å². The summed E-state index contributed by atoms with van der Waals surface area (Å²) >= 11 is 15.0. The Morgan fingerprint density at radius 1 is 1.22 bits per heavy atom. The lowest BCUT2D eigenvalue weighted by Gasteiger charge is -2.08. The predicted molar refractivity (Wildman–Crippen MR) is 148 cm³/mol. The third-order valence-corrected chi connectivity index (χ3v) is 9.00. The van der Waals surface area contributed by atoms with Gasteiger partial charge in [-0.1, -0.05) is 48.3 Å². The van der Waals surface area contributed by atoms with Crippen molar-refractivity contribution < 1.29 is 4.79 Å². The quantitative estimate of drug-likeness (QED) is 0.223. The smallest absolute Gasteiger partial charge is 0.234 e. The minimum absolute atomic E-state index is 0.153. The molecule has 1 aliphatic rings. The molecule has 36 heavy (non-hydrogen) atoms. The van der Waals surface area contributed by atoms with E-state index in [1.165, 1.54) is 40.4 Å². The summed E-state index contributed by atoms with van der Waals surface area (Å²) in [4.78, 5) is 23.5. The molecule has 4 heterocycles. The fourth-order valence-electron chi connectivity index (χ4n) is 4.77. The summed E-state index contributed by atoms with van der Waals surface area (Å²) < 4.78 is 2.84. The van der Waals surface area contributed by atoms with Gasteiger partial charge < -0.3 is 5.32 Å². The zero-order chi connectivity index (χ0) is 24.8. The van der Waals surface area contributed by atoms with Gasteiger partial charge in [-0.3, -0.25) is 9.20 Å². The lowest BCUT2D eigenvalue weighted by Crippen LogP contribution is -2.14. The molecule has 7 nitrogen and oxygen atoms in total. The third-order valence-electron chi connectivity index (χ3n) is 6.44. The third kappa shape index (κ3) is 4.22. The highest BCUT2D eigenvalue weighted by molar-refractivity contribution is 7.99. The van der Waals surface area contributed by atoms with E-state index in [-0.39, 0.29) is 11.7 Å². The van der Waals surface area contributed by atoms with Crippen LogP contribution in [-0.2, 0) is 24.1 Å². The number of carbonyl (C=O) groups is 1. The van der Waals surface area contributed by atoms with E-state index in [1.54, 1.807) is 35.9 Å². The highest BCUT2D eigenvalue weighted by atomic mass is 35.5. The molecule has 0 unspecified atom stereocenters. The van der Waals surface area contributed by atoms with Crippen molar-refractivity contribution in [3.8, 4) is 0 Å². The van der Waals surface area contributed by atoms with Crippen LogP contribution in [0.3, 0.4) is 0 Å². The van der Waals surface area contributed by atoms with Gasteiger partial charge in [0.15, 0.2) is 10.8 Å². The van der Waals surface area contributed by atoms with Gasteiger partial charge in [-0.05, 0) is 61.4 Å². The van der Waals surface area contributed by atoms with E-state index in [4.69, 9.17) is 33.2 Å². The van der Waals surface area contributed by atoms with Crippen LogP contribution in [0, 0.1) is 0 Å². The number of thioether (sulfide) groups is 1. The van der Waals surface area contributed by atoms with Crippen LogP contribution in [0.4, 0.5) is 5.69 Å². The minimum atomic E-state index is -0.198. The molecule has 0 radical (unpaired) electrons. The Bertz CT molecular complexity index is 1650. The second-order valence-electron chi connectivity index (χ2n) is 8.81. The summed E-state index contributed by atoms with van der Waals surface area (Å²) in [5.41, 5.74) is 6.32. The van der Waals surface area contributed by atoms with E-state index in [1.807, 2.05) is 4.40 Å². The number of halogens is 2. The summed E-state index contributed by atoms with van der Waals surface area (Å²) in [5, 5.41) is 14.3. The number of hydrogen-bond donors (Lipinski definition) is 1. The molecule has 1 amide bonds. The molecule has 1 N–H and O–H groups in total. The Kier molecular flexibility index (Phi) is 6.49. The summed E-state index contributed by atoms with van der Waals surface area (Å²) in [6.07, 6.45) is 8.45. The van der Waals surface area contributed by atoms with Crippen LogP contribution in [0.15, 0.2) is 29.7 Å². The number of nitrogens with one attached hydrogen (secondary N) is 1. The Balaban J connectivity index is 1.31. The molecule has 1 aliphatic carbocycles. The number of rotatable bonds is 7. The van der Waals surface area contributed by atoms with Gasteiger partial charge in [0.05, 0.1) is 22.0 Å². The molecule has 184 valence electrons. The fraction of sp³-hybridized carbons (Fsp3) is 0.320. The van der Waals surface area contributed by atoms with Crippen molar-refractivity contribution in [2.24, 2.45) is 0 Å². The number of unbranched alkanes of at least 4 members (excludes halogenated alkanes) is 1. The minimum Gasteiger partial charge on any atom is -0.324 e. The normalized spacial score (nSPS) is 13.2. The average molecular weight is 558 g/mol. The molecular weight excluding hydrogens is 535 g/mol. The van der Waals surface area contributed by atoms with Crippen molar-refractivity contribution in [2.45, 2.75) is 50.6 Å². The molecule has 5 aromatic rings. The molecular formula is C25H22Cl2N6OS2. The second-order valence-corrected chi connectivity index (χ2v) is 11.6. The molecule has 4 aromatic heterocycles. The first kappa shape index (κ1) is 23.9. The number of amides is 1. The van der Waals surface area contributed by atoms with E-state index < -0.39 is 0 Å². The molecule has 0 aliphatic heterocycles. The molecule has 0 saturated heterocycles. The zero-order valence-corrected chi connectivity index (χ0v) is 22.6. The van der Waals surface area contributed by atoms with Gasteiger partial charge in [0.25, 0.3) is 0 Å². The Morgan fingerprint density at radius 2 is 2.08 bits per heavy atom. The van der Waals surface area contributed by atoms with Crippen molar-refractivity contribution in [1.82, 2.24) is 24.6 Å². The fourth-order valence-corrected chi connectivity index (χ4v) is 7.08. The monoisotopic (exact) mass is 556 g/mol. The first-order valence-corrected chi connectivity index (χ1v) is 14.4. The van der Waals surface area contributed by atoms with Crippen LogP contribution in [0.5, 0.6) is 0 Å². The average Bonchev–Trinajstić information content (AvgIpc) is 3.59. The molecule has 0 saturated carbocycles. The number of thiophene rings is 1. The van der Waals surface area contributed by atoms with Gasteiger partial charge >= 0.3 is 0 Å². The van der Waals surface area contributed by atoms with Gasteiger partial charge in [-0.2, -0.15) is 0 Å². The number of benzene rings is 1. The first-order chi connectivity index (χ1) is 17.5. The molecule has 11 heteroatoms. The number of aryl methyl sites for hydroxylation is 2. The predicted octanol–water partition coefficient (Wildman–Crippen LogP) is 6.76. The van der Waals surface area contributed by atoms with Gasteiger partial charge in [-0.25, -0.2) is 9.97 Å². The maximum Gasteiger partial charge on any atom is 0.234 e. The van der Waals surface area contributed by atoms with Crippen LogP contribution >= 0.6 is 46.3 Å². The standard InChI is InChI=1S/C25H22Cl2N6OS2/c1-2-3-7-17-14-5-4-6-15(14)20-21-22(36-24(20)30-17)23-31-32-25(33(23)12-28-21)35-11-19(34)29-18-9-8-13(26)10-16(18)27/h8-10,12H,2-7,11H2,1H3,(H,29,34). The number of carbonyl (C=O) groups excluding carboxylic acids is 1. The summed E-state index contributed by atoms with van der Waals surface area (Å²) in [6, 6.07) is 4.96. The molecule has 0 fully saturated rings. The van der Waals surface area contributed by atoms with E-state index in [0.29, 0.717) is 20.9 Å².